The first-order valence-electron chi connectivity index (χ1n) is 4.23. The van der Waals surface area contributed by atoms with E-state index in [2.05, 4.69) is 5.16 Å². The number of nitrogens with two attached hydrogens (primary N) is 1. The molecule has 0 atom stereocenters. The van der Waals surface area contributed by atoms with Crippen LogP contribution in [-0.2, 0) is 9.47 Å². The van der Waals surface area contributed by atoms with Gasteiger partial charge in [-0.15, -0.1) is 0 Å². The molecule has 13 heavy (non-hydrogen) atoms. The topological polar surface area (TPSA) is 70.5 Å². The van der Waals surface area contributed by atoms with Gasteiger partial charge in [0.2, 0.25) is 6.29 Å². The summed E-state index contributed by atoms with van der Waals surface area (Å²) in [6.07, 6.45) is -0.500. The molecule has 0 fully saturated rings. The van der Waals surface area contributed by atoms with Crippen molar-refractivity contribution in [3.05, 3.63) is 11.8 Å². The van der Waals surface area contributed by atoms with Crippen molar-refractivity contribution in [1.82, 2.24) is 5.16 Å². The van der Waals surface area contributed by atoms with Gasteiger partial charge in [-0.05, 0) is 13.8 Å². The Kier molecular flexibility index (Phi) is 3.72. The number of anilines is 1. The molecule has 0 amide bonds. The van der Waals surface area contributed by atoms with Crippen molar-refractivity contribution in [2.45, 2.75) is 20.1 Å². The monoisotopic (exact) mass is 186 g/mol. The summed E-state index contributed by atoms with van der Waals surface area (Å²) in [6, 6.07) is 1.59. The quantitative estimate of drug-likeness (QED) is 0.702. The highest BCUT2D eigenvalue weighted by Gasteiger charge is 2.16. The third-order valence-corrected chi connectivity index (χ3v) is 1.41. The second-order valence-corrected chi connectivity index (χ2v) is 2.40. The molecule has 5 nitrogen and oxygen atoms in total. The maximum Gasteiger partial charge on any atom is 0.220 e. The van der Waals surface area contributed by atoms with E-state index in [1.807, 2.05) is 13.8 Å². The Morgan fingerprint density at radius 3 is 2.46 bits per heavy atom. The van der Waals surface area contributed by atoms with E-state index in [9.17, 15) is 0 Å². The minimum atomic E-state index is -0.500. The van der Waals surface area contributed by atoms with E-state index in [0.717, 1.165) is 0 Å². The summed E-state index contributed by atoms with van der Waals surface area (Å²) in [7, 11) is 0. The molecule has 0 unspecified atom stereocenters. The van der Waals surface area contributed by atoms with Gasteiger partial charge in [0.25, 0.3) is 0 Å². The van der Waals surface area contributed by atoms with E-state index in [1.54, 1.807) is 6.07 Å². The fraction of sp³-hybridized carbons (Fsp3) is 0.625. The molecule has 0 aliphatic heterocycles. The third kappa shape index (κ3) is 2.71. The van der Waals surface area contributed by atoms with Crippen molar-refractivity contribution in [2.24, 2.45) is 0 Å². The van der Waals surface area contributed by atoms with Gasteiger partial charge in [-0.25, -0.2) is 0 Å². The van der Waals surface area contributed by atoms with Crippen LogP contribution in [-0.4, -0.2) is 18.4 Å². The van der Waals surface area contributed by atoms with Crippen molar-refractivity contribution >= 4 is 5.82 Å². The van der Waals surface area contributed by atoms with Crippen LogP contribution in [0.5, 0.6) is 0 Å². The second kappa shape index (κ2) is 4.84. The van der Waals surface area contributed by atoms with Crippen LogP contribution in [0.4, 0.5) is 5.82 Å². The minimum Gasteiger partial charge on any atom is -0.381 e. The highest BCUT2D eigenvalue weighted by Crippen LogP contribution is 2.20. The average Bonchev–Trinajstić information content (AvgIpc) is 2.51. The SMILES string of the molecule is CCOC(OCC)c1cc(N)no1. The van der Waals surface area contributed by atoms with E-state index in [0.29, 0.717) is 24.8 Å². The molecule has 0 radical (unpaired) electrons. The zero-order valence-electron chi connectivity index (χ0n) is 7.82. The predicted octanol–water partition coefficient (Wildman–Crippen LogP) is 1.33. The second-order valence-electron chi connectivity index (χ2n) is 2.40. The first kappa shape index (κ1) is 10.0. The van der Waals surface area contributed by atoms with Crippen LogP contribution in [0.15, 0.2) is 10.6 Å². The van der Waals surface area contributed by atoms with E-state index in [4.69, 9.17) is 19.7 Å². The summed E-state index contributed by atoms with van der Waals surface area (Å²) >= 11 is 0. The lowest BCUT2D eigenvalue weighted by Gasteiger charge is -2.12. The van der Waals surface area contributed by atoms with Gasteiger partial charge < -0.3 is 19.7 Å². The molecular weight excluding hydrogens is 172 g/mol. The Labute approximate surface area is 76.8 Å². The van der Waals surface area contributed by atoms with Gasteiger partial charge in [0.05, 0.1) is 0 Å². The Morgan fingerprint density at radius 1 is 1.46 bits per heavy atom. The van der Waals surface area contributed by atoms with Gasteiger partial charge in [0, 0.05) is 19.3 Å². The zero-order valence-corrected chi connectivity index (χ0v) is 7.82. The Balaban J connectivity index is 2.63. The van der Waals surface area contributed by atoms with Crippen molar-refractivity contribution in [1.29, 1.82) is 0 Å². The number of hydrogen-bond acceptors (Lipinski definition) is 5. The molecule has 0 saturated heterocycles. The Bertz CT molecular complexity index is 243. The summed E-state index contributed by atoms with van der Waals surface area (Å²) in [6.45, 7) is 4.86. The lowest BCUT2D eigenvalue weighted by molar-refractivity contribution is -0.152. The fourth-order valence-corrected chi connectivity index (χ4v) is 0.930. The molecule has 0 bridgehead atoms. The van der Waals surface area contributed by atoms with Crippen LogP contribution in [0.25, 0.3) is 0 Å². The molecule has 1 heterocycles. The number of hydrogen-bond donors (Lipinski definition) is 1. The summed E-state index contributed by atoms with van der Waals surface area (Å²) in [5.74, 6) is 0.834. The first-order chi connectivity index (χ1) is 6.27. The summed E-state index contributed by atoms with van der Waals surface area (Å²) in [4.78, 5) is 0. The van der Waals surface area contributed by atoms with Gasteiger partial charge in [-0.1, -0.05) is 5.16 Å². The van der Waals surface area contributed by atoms with Crippen LogP contribution < -0.4 is 5.73 Å². The number of rotatable bonds is 5. The van der Waals surface area contributed by atoms with Crippen molar-refractivity contribution in [2.75, 3.05) is 18.9 Å². The molecule has 1 aromatic rings. The minimum absolute atomic E-state index is 0.333. The fourth-order valence-electron chi connectivity index (χ4n) is 0.930. The maximum absolute atomic E-state index is 5.39. The molecule has 0 aliphatic rings. The molecular formula is C8H14N2O3. The number of aromatic nitrogens is 1. The molecule has 0 aromatic carbocycles. The highest BCUT2D eigenvalue weighted by atomic mass is 16.7. The van der Waals surface area contributed by atoms with Gasteiger partial charge in [-0.2, -0.15) is 0 Å². The normalized spacial score (nSPS) is 11.0. The van der Waals surface area contributed by atoms with Gasteiger partial charge in [0.1, 0.15) is 0 Å². The van der Waals surface area contributed by atoms with Gasteiger partial charge in [-0.3, -0.25) is 0 Å². The van der Waals surface area contributed by atoms with Crippen LogP contribution >= 0.6 is 0 Å². The van der Waals surface area contributed by atoms with E-state index < -0.39 is 6.29 Å². The molecule has 0 spiro atoms. The predicted molar refractivity (Wildman–Crippen MR) is 46.9 cm³/mol. The number of ether oxygens (including phenoxy) is 2. The van der Waals surface area contributed by atoms with Gasteiger partial charge >= 0.3 is 0 Å². The number of nitrogens with zero attached hydrogens (tertiary/aromatic N) is 1. The summed E-state index contributed by atoms with van der Waals surface area (Å²) in [5.41, 5.74) is 5.39. The standard InChI is InChI=1S/C8H14N2O3/c1-3-11-8(12-4-2)6-5-7(9)10-13-6/h5,8H,3-4H2,1-2H3,(H2,9,10). The van der Waals surface area contributed by atoms with Crippen molar-refractivity contribution < 1.29 is 14.0 Å². The molecule has 74 valence electrons. The maximum atomic E-state index is 5.39. The largest absolute Gasteiger partial charge is 0.381 e. The van der Waals surface area contributed by atoms with Crippen molar-refractivity contribution in [3.63, 3.8) is 0 Å². The summed E-state index contributed by atoms with van der Waals surface area (Å²) in [5, 5.41) is 3.54. The van der Waals surface area contributed by atoms with Crippen molar-refractivity contribution in [3.8, 4) is 0 Å². The third-order valence-electron chi connectivity index (χ3n) is 1.41. The first-order valence-corrected chi connectivity index (χ1v) is 4.23. The van der Waals surface area contributed by atoms with Crippen LogP contribution in [0.3, 0.4) is 0 Å². The lowest BCUT2D eigenvalue weighted by atomic mass is 10.4. The van der Waals surface area contributed by atoms with Gasteiger partial charge in [0.15, 0.2) is 11.6 Å². The molecule has 1 aromatic heterocycles. The molecule has 0 saturated carbocycles. The Hall–Kier alpha value is -1.07. The Morgan fingerprint density at radius 2 is 2.08 bits per heavy atom. The van der Waals surface area contributed by atoms with Crippen LogP contribution in [0, 0.1) is 0 Å². The zero-order chi connectivity index (χ0) is 9.68. The average molecular weight is 186 g/mol. The molecule has 1 rings (SSSR count). The van der Waals surface area contributed by atoms with E-state index >= 15 is 0 Å². The lowest BCUT2D eigenvalue weighted by Crippen LogP contribution is -2.07. The van der Waals surface area contributed by atoms with E-state index in [1.165, 1.54) is 0 Å². The summed E-state index contributed by atoms with van der Waals surface area (Å²) < 4.78 is 15.4. The number of nitrogen functional groups attached to an aromatic ring is 1. The molecule has 0 aliphatic carbocycles. The molecule has 2 N–H and O–H groups in total. The smallest absolute Gasteiger partial charge is 0.220 e. The molecule has 5 heteroatoms. The highest BCUT2D eigenvalue weighted by molar-refractivity contribution is 5.26. The van der Waals surface area contributed by atoms with E-state index in [-0.39, 0.29) is 0 Å². The van der Waals surface area contributed by atoms with Crippen LogP contribution in [0.2, 0.25) is 0 Å². The van der Waals surface area contributed by atoms with Crippen LogP contribution in [0.1, 0.15) is 25.9 Å².